The SMILES string of the molecule is Cc1cc(C)n(-c2ccc(C(=O)NC3C4CC5CC(C4)CC3C5)cn2)n1. The quantitative estimate of drug-likeness (QED) is 0.922. The van der Waals surface area contributed by atoms with Crippen molar-refractivity contribution in [1.29, 1.82) is 0 Å². The minimum atomic E-state index is 0.0230. The zero-order valence-corrected chi connectivity index (χ0v) is 15.5. The Bertz CT molecular complexity index is 810. The maximum absolute atomic E-state index is 12.8. The van der Waals surface area contributed by atoms with Crippen molar-refractivity contribution < 1.29 is 4.79 Å². The van der Waals surface area contributed by atoms with Crippen LogP contribution < -0.4 is 5.32 Å². The van der Waals surface area contributed by atoms with Crippen LogP contribution in [-0.2, 0) is 0 Å². The van der Waals surface area contributed by atoms with E-state index in [9.17, 15) is 4.79 Å². The number of rotatable bonds is 3. The second-order valence-electron chi connectivity index (χ2n) is 8.67. The van der Waals surface area contributed by atoms with Gasteiger partial charge in [0.2, 0.25) is 0 Å². The molecule has 4 saturated carbocycles. The smallest absolute Gasteiger partial charge is 0.253 e. The third-order valence-electron chi connectivity index (χ3n) is 6.76. The largest absolute Gasteiger partial charge is 0.349 e. The van der Waals surface area contributed by atoms with Gasteiger partial charge in [-0.2, -0.15) is 5.10 Å². The van der Waals surface area contributed by atoms with Crippen molar-refractivity contribution in [3.63, 3.8) is 0 Å². The van der Waals surface area contributed by atoms with Crippen LogP contribution in [0.4, 0.5) is 0 Å². The van der Waals surface area contributed by atoms with Crippen LogP contribution in [0.3, 0.4) is 0 Å². The maximum Gasteiger partial charge on any atom is 0.253 e. The highest BCUT2D eigenvalue weighted by atomic mass is 16.1. The van der Waals surface area contributed by atoms with Crippen molar-refractivity contribution in [3.05, 3.63) is 41.3 Å². The molecular weight excluding hydrogens is 324 g/mol. The second-order valence-corrected chi connectivity index (χ2v) is 8.67. The highest BCUT2D eigenvalue weighted by molar-refractivity contribution is 5.94. The Morgan fingerprint density at radius 2 is 1.77 bits per heavy atom. The van der Waals surface area contributed by atoms with Crippen LogP contribution in [-0.4, -0.2) is 26.7 Å². The topological polar surface area (TPSA) is 59.8 Å². The number of nitrogens with one attached hydrogen (secondary N) is 1. The molecule has 0 aromatic carbocycles. The molecule has 0 atom stereocenters. The van der Waals surface area contributed by atoms with Crippen LogP contribution in [0.25, 0.3) is 5.82 Å². The van der Waals surface area contributed by atoms with E-state index in [1.165, 1.54) is 32.1 Å². The van der Waals surface area contributed by atoms with Gasteiger partial charge < -0.3 is 5.32 Å². The Morgan fingerprint density at radius 1 is 1.08 bits per heavy atom. The van der Waals surface area contributed by atoms with Crippen LogP contribution in [0.2, 0.25) is 0 Å². The monoisotopic (exact) mass is 350 g/mol. The van der Waals surface area contributed by atoms with Gasteiger partial charge in [0.25, 0.3) is 5.91 Å². The predicted molar refractivity (Wildman–Crippen MR) is 99.1 cm³/mol. The van der Waals surface area contributed by atoms with Gasteiger partial charge >= 0.3 is 0 Å². The Kier molecular flexibility index (Phi) is 3.66. The van der Waals surface area contributed by atoms with E-state index < -0.39 is 0 Å². The number of aryl methyl sites for hydroxylation is 2. The third-order valence-corrected chi connectivity index (χ3v) is 6.76. The molecule has 2 aromatic rings. The first-order valence-electron chi connectivity index (χ1n) is 9.87. The maximum atomic E-state index is 12.8. The van der Waals surface area contributed by atoms with E-state index >= 15 is 0 Å². The minimum absolute atomic E-state index is 0.0230. The molecular formula is C21H26N4O. The van der Waals surface area contributed by atoms with Crippen LogP contribution in [0, 0.1) is 37.5 Å². The summed E-state index contributed by atoms with van der Waals surface area (Å²) in [6.45, 7) is 3.98. The molecule has 1 N–H and O–H groups in total. The molecule has 0 unspecified atom stereocenters. The predicted octanol–water partition coefficient (Wildman–Crippen LogP) is 3.44. The molecule has 6 rings (SSSR count). The Morgan fingerprint density at radius 3 is 2.31 bits per heavy atom. The van der Waals surface area contributed by atoms with Crippen molar-refractivity contribution in [1.82, 2.24) is 20.1 Å². The fraction of sp³-hybridized carbons (Fsp3) is 0.571. The van der Waals surface area contributed by atoms with Crippen LogP contribution >= 0.6 is 0 Å². The van der Waals surface area contributed by atoms with E-state index in [-0.39, 0.29) is 5.91 Å². The number of hydrogen-bond acceptors (Lipinski definition) is 3. The van der Waals surface area contributed by atoms with E-state index in [0.717, 1.165) is 29.0 Å². The molecule has 4 aliphatic rings. The number of carbonyl (C=O) groups is 1. The lowest BCUT2D eigenvalue weighted by molar-refractivity contribution is -0.0119. The highest BCUT2D eigenvalue weighted by Gasteiger charge is 2.48. The van der Waals surface area contributed by atoms with Gasteiger partial charge in [0, 0.05) is 17.9 Å². The molecule has 2 heterocycles. The van der Waals surface area contributed by atoms with Gasteiger partial charge in [-0.3, -0.25) is 4.79 Å². The van der Waals surface area contributed by atoms with E-state index in [1.807, 2.05) is 36.7 Å². The standard InChI is InChI=1S/C21H26N4O/c1-12-5-13(2)25(24-12)19-4-3-16(11-22-19)21(26)23-20-17-7-14-6-15(9-17)10-18(20)8-14/h3-5,11,14-15,17-18,20H,6-10H2,1-2H3,(H,23,26). The first kappa shape index (κ1) is 16.0. The molecule has 2 aromatic heterocycles. The summed E-state index contributed by atoms with van der Waals surface area (Å²) in [6, 6.07) is 6.13. The van der Waals surface area contributed by atoms with E-state index in [0.29, 0.717) is 23.4 Å². The van der Waals surface area contributed by atoms with Gasteiger partial charge in [-0.05, 0) is 87.8 Å². The summed E-state index contributed by atoms with van der Waals surface area (Å²) < 4.78 is 1.81. The fourth-order valence-corrected chi connectivity index (χ4v) is 5.90. The first-order chi connectivity index (χ1) is 12.6. The van der Waals surface area contributed by atoms with Crippen LogP contribution in [0.15, 0.2) is 24.4 Å². The molecule has 4 fully saturated rings. The summed E-state index contributed by atoms with van der Waals surface area (Å²) in [6.07, 6.45) is 8.36. The van der Waals surface area contributed by atoms with Gasteiger partial charge in [0.1, 0.15) is 0 Å². The lowest BCUT2D eigenvalue weighted by atomic mass is 9.54. The van der Waals surface area contributed by atoms with E-state index in [1.54, 1.807) is 6.20 Å². The summed E-state index contributed by atoms with van der Waals surface area (Å²) >= 11 is 0. The van der Waals surface area contributed by atoms with Crippen molar-refractivity contribution in [2.24, 2.45) is 23.7 Å². The van der Waals surface area contributed by atoms with Gasteiger partial charge in [-0.25, -0.2) is 9.67 Å². The molecule has 26 heavy (non-hydrogen) atoms. The molecule has 136 valence electrons. The molecule has 0 spiro atoms. The molecule has 0 aliphatic heterocycles. The number of hydrogen-bond donors (Lipinski definition) is 1. The number of pyridine rings is 1. The number of amides is 1. The summed E-state index contributed by atoms with van der Waals surface area (Å²) in [5.41, 5.74) is 2.65. The minimum Gasteiger partial charge on any atom is -0.349 e. The first-order valence-corrected chi connectivity index (χ1v) is 9.87. The zero-order valence-electron chi connectivity index (χ0n) is 15.5. The van der Waals surface area contributed by atoms with Gasteiger partial charge in [0.15, 0.2) is 5.82 Å². The molecule has 4 bridgehead atoms. The number of nitrogens with zero attached hydrogens (tertiary/aromatic N) is 3. The Balaban J connectivity index is 1.31. The molecule has 4 aliphatic carbocycles. The summed E-state index contributed by atoms with van der Waals surface area (Å²) in [4.78, 5) is 17.3. The summed E-state index contributed by atoms with van der Waals surface area (Å²) in [5.74, 6) is 4.01. The summed E-state index contributed by atoms with van der Waals surface area (Å²) in [5, 5.41) is 7.80. The highest BCUT2D eigenvalue weighted by Crippen LogP contribution is 2.53. The normalized spacial score (nSPS) is 32.0. The number of carbonyl (C=O) groups excluding carboxylic acids is 1. The fourth-order valence-electron chi connectivity index (χ4n) is 5.90. The molecule has 0 saturated heterocycles. The molecule has 0 radical (unpaired) electrons. The van der Waals surface area contributed by atoms with E-state index in [2.05, 4.69) is 15.4 Å². The van der Waals surface area contributed by atoms with Crippen molar-refractivity contribution in [2.45, 2.75) is 52.0 Å². The lowest BCUT2D eigenvalue weighted by Gasteiger charge is -2.54. The van der Waals surface area contributed by atoms with Crippen molar-refractivity contribution >= 4 is 5.91 Å². The van der Waals surface area contributed by atoms with Crippen molar-refractivity contribution in [3.8, 4) is 5.82 Å². The van der Waals surface area contributed by atoms with Crippen LogP contribution in [0.1, 0.15) is 53.8 Å². The average Bonchev–Trinajstić information content (AvgIpc) is 2.96. The van der Waals surface area contributed by atoms with Crippen LogP contribution in [0.5, 0.6) is 0 Å². The van der Waals surface area contributed by atoms with E-state index in [4.69, 9.17) is 0 Å². The third kappa shape index (κ3) is 2.65. The molecule has 5 nitrogen and oxygen atoms in total. The van der Waals surface area contributed by atoms with Gasteiger partial charge in [0.05, 0.1) is 11.3 Å². The molecule has 5 heteroatoms. The summed E-state index contributed by atoms with van der Waals surface area (Å²) in [7, 11) is 0. The van der Waals surface area contributed by atoms with Gasteiger partial charge in [-0.1, -0.05) is 0 Å². The van der Waals surface area contributed by atoms with Crippen molar-refractivity contribution in [2.75, 3.05) is 0 Å². The zero-order chi connectivity index (χ0) is 17.8. The number of aromatic nitrogens is 3. The Hall–Kier alpha value is -2.17. The Labute approximate surface area is 154 Å². The second kappa shape index (κ2) is 5.93. The molecule has 1 amide bonds. The van der Waals surface area contributed by atoms with Gasteiger partial charge in [-0.15, -0.1) is 0 Å². The average molecular weight is 350 g/mol. The lowest BCUT2D eigenvalue weighted by Crippen LogP contribution is -2.55.